The van der Waals surface area contributed by atoms with Crippen molar-refractivity contribution in [3.63, 3.8) is 0 Å². The van der Waals surface area contributed by atoms with Gasteiger partial charge in [-0.1, -0.05) is 113 Å². The monoisotopic (exact) mass is 1150 g/mol. The number of fused-ring (bicyclic) bond motifs is 3. The largest absolute Gasteiger partial charge is 0.500 e. The SMILES string of the molecule is CN1Cc2ccc(Br)cc2C1=O.CN1Cc2ccc(C3CCC(=O)NC3=O)cc2C1=O.Cc1ccc(-c2ccc3c(c2)C(=O)N(C)C3)c(OCc2ccccc2)n1.Cc1ccc(B2OC(C)(C)C(C)(C)O2)c(OCc2ccccc2)n1. The number of hydrogen-bond donors (Lipinski definition) is 1. The van der Waals surface area contributed by atoms with Crippen molar-refractivity contribution in [2.24, 2.45) is 0 Å². The molecule has 0 spiro atoms. The van der Waals surface area contributed by atoms with E-state index in [4.69, 9.17) is 18.8 Å². The molecule has 15 nitrogen and oxygen atoms in total. The molecule has 2 saturated heterocycles. The molecule has 416 valence electrons. The Kier molecular flexibility index (Phi) is 17.4. The van der Waals surface area contributed by atoms with Crippen molar-refractivity contribution in [1.29, 1.82) is 0 Å². The highest BCUT2D eigenvalue weighted by atomic mass is 79.9. The van der Waals surface area contributed by atoms with E-state index in [9.17, 15) is 24.0 Å². The molecule has 17 heteroatoms. The minimum absolute atomic E-state index is 0.0101. The highest BCUT2D eigenvalue weighted by Gasteiger charge is 2.52. The molecular formula is C64H66BBrN6O9. The van der Waals surface area contributed by atoms with Crippen molar-refractivity contribution in [2.75, 3.05) is 21.1 Å². The smallest absolute Gasteiger partial charge is 0.473 e. The number of ether oxygens (including phenoxy) is 2. The number of benzene rings is 5. The van der Waals surface area contributed by atoms with Crippen LogP contribution in [0.2, 0.25) is 0 Å². The lowest BCUT2D eigenvalue weighted by atomic mass is 9.79. The summed E-state index contributed by atoms with van der Waals surface area (Å²) < 4.78 is 25.2. The van der Waals surface area contributed by atoms with Crippen molar-refractivity contribution in [2.45, 2.75) is 104 Å². The average molecular weight is 1150 g/mol. The second-order valence-electron chi connectivity index (χ2n) is 21.9. The summed E-state index contributed by atoms with van der Waals surface area (Å²) in [5.41, 5.74) is 12.1. The molecule has 0 radical (unpaired) electrons. The van der Waals surface area contributed by atoms with Crippen LogP contribution in [0.15, 0.2) is 144 Å². The van der Waals surface area contributed by atoms with E-state index in [-0.39, 0.29) is 46.7 Å². The Bertz CT molecular complexity index is 3510. The Morgan fingerprint density at radius 2 is 1.06 bits per heavy atom. The van der Waals surface area contributed by atoms with Crippen molar-refractivity contribution in [3.05, 3.63) is 205 Å². The van der Waals surface area contributed by atoms with Gasteiger partial charge >= 0.3 is 7.12 Å². The van der Waals surface area contributed by atoms with Crippen molar-refractivity contribution in [1.82, 2.24) is 30.0 Å². The zero-order chi connectivity index (χ0) is 57.8. The lowest BCUT2D eigenvalue weighted by Crippen LogP contribution is -2.41. The number of rotatable bonds is 9. The van der Waals surface area contributed by atoms with E-state index >= 15 is 0 Å². The Labute approximate surface area is 482 Å². The number of imide groups is 1. The van der Waals surface area contributed by atoms with Crippen LogP contribution in [0.4, 0.5) is 0 Å². The molecule has 7 aromatic rings. The van der Waals surface area contributed by atoms with Gasteiger partial charge in [-0.2, -0.15) is 0 Å². The molecule has 1 unspecified atom stereocenters. The molecule has 5 aromatic carbocycles. The molecular weight excluding hydrogens is 1090 g/mol. The minimum atomic E-state index is -0.478. The van der Waals surface area contributed by atoms with Crippen LogP contribution < -0.4 is 20.3 Å². The number of pyridine rings is 2. The number of nitrogens with zero attached hydrogens (tertiary/aromatic N) is 5. The van der Waals surface area contributed by atoms with Gasteiger partial charge in [0.15, 0.2) is 0 Å². The van der Waals surface area contributed by atoms with E-state index in [0.29, 0.717) is 56.5 Å². The van der Waals surface area contributed by atoms with Crippen LogP contribution in [0.3, 0.4) is 0 Å². The first-order valence-electron chi connectivity index (χ1n) is 26.9. The normalized spacial score (nSPS) is 17.2. The van der Waals surface area contributed by atoms with E-state index in [1.54, 1.807) is 27.8 Å². The molecule has 5 aliphatic heterocycles. The topological polar surface area (TPSA) is 170 Å². The fraction of sp³-hybridized carbons (Fsp3) is 0.297. The van der Waals surface area contributed by atoms with Gasteiger partial charge in [0.05, 0.1) is 17.1 Å². The third-order valence-corrected chi connectivity index (χ3v) is 15.7. The highest BCUT2D eigenvalue weighted by Crippen LogP contribution is 2.38. The number of aromatic nitrogens is 2. The summed E-state index contributed by atoms with van der Waals surface area (Å²) in [6, 6.07) is 45.4. The molecule has 5 amide bonds. The van der Waals surface area contributed by atoms with Crippen molar-refractivity contribution >= 4 is 58.0 Å². The Morgan fingerprint density at radius 3 is 1.62 bits per heavy atom. The van der Waals surface area contributed by atoms with Gasteiger partial charge in [-0.25, -0.2) is 9.97 Å². The summed E-state index contributed by atoms with van der Waals surface area (Å²) >= 11 is 3.34. The Morgan fingerprint density at radius 1 is 0.580 bits per heavy atom. The summed E-state index contributed by atoms with van der Waals surface area (Å²) in [5.74, 6) is 0.504. The second-order valence-corrected chi connectivity index (χ2v) is 22.8. The summed E-state index contributed by atoms with van der Waals surface area (Å²) in [5, 5.41) is 2.34. The maximum atomic E-state index is 12.3. The van der Waals surface area contributed by atoms with Gasteiger partial charge in [0.1, 0.15) is 13.2 Å². The van der Waals surface area contributed by atoms with Gasteiger partial charge in [0.25, 0.3) is 17.7 Å². The zero-order valence-electron chi connectivity index (χ0n) is 47.2. The minimum Gasteiger partial charge on any atom is -0.473 e. The predicted molar refractivity (Wildman–Crippen MR) is 314 cm³/mol. The van der Waals surface area contributed by atoms with Gasteiger partial charge in [0, 0.05) is 90.8 Å². The van der Waals surface area contributed by atoms with E-state index in [2.05, 4.69) is 31.2 Å². The van der Waals surface area contributed by atoms with Gasteiger partial charge in [-0.15, -0.1) is 0 Å². The molecule has 2 fully saturated rings. The number of amides is 5. The Balaban J connectivity index is 0.000000134. The molecule has 1 atom stereocenters. The van der Waals surface area contributed by atoms with Crippen LogP contribution in [0.25, 0.3) is 11.1 Å². The summed E-state index contributed by atoms with van der Waals surface area (Å²) in [4.78, 5) is 72.9. The molecule has 1 N–H and O–H groups in total. The molecule has 5 aliphatic rings. The highest BCUT2D eigenvalue weighted by molar-refractivity contribution is 9.10. The van der Waals surface area contributed by atoms with Gasteiger partial charge in [-0.3, -0.25) is 29.3 Å². The lowest BCUT2D eigenvalue weighted by Gasteiger charge is -2.32. The third-order valence-electron chi connectivity index (χ3n) is 15.2. The van der Waals surface area contributed by atoms with E-state index in [1.165, 1.54) is 0 Å². The van der Waals surface area contributed by atoms with Gasteiger partial charge in [-0.05, 0) is 129 Å². The van der Waals surface area contributed by atoms with Crippen LogP contribution >= 0.6 is 15.9 Å². The molecule has 7 heterocycles. The fourth-order valence-corrected chi connectivity index (χ4v) is 10.2. The van der Waals surface area contributed by atoms with Crippen LogP contribution in [-0.2, 0) is 51.7 Å². The maximum Gasteiger partial charge on any atom is 0.500 e. The van der Waals surface area contributed by atoms with Crippen LogP contribution in [0.5, 0.6) is 11.8 Å². The first kappa shape index (κ1) is 57.7. The van der Waals surface area contributed by atoms with E-state index in [0.717, 1.165) is 83.5 Å². The molecule has 2 aromatic heterocycles. The quantitative estimate of drug-likeness (QED) is 0.108. The zero-order valence-corrected chi connectivity index (χ0v) is 48.8. The summed E-state index contributed by atoms with van der Waals surface area (Å²) in [6.07, 6.45) is 0.856. The number of carbonyl (C=O) groups excluding carboxylic acids is 5. The van der Waals surface area contributed by atoms with E-state index < -0.39 is 7.12 Å². The molecule has 0 saturated carbocycles. The van der Waals surface area contributed by atoms with Crippen LogP contribution in [-0.4, -0.2) is 93.7 Å². The maximum absolute atomic E-state index is 12.3. The number of hydrogen-bond acceptors (Lipinski definition) is 11. The molecule has 12 rings (SSSR count). The number of aryl methyl sites for hydroxylation is 2. The fourth-order valence-electron chi connectivity index (χ4n) is 9.85. The Hall–Kier alpha value is -7.99. The van der Waals surface area contributed by atoms with Crippen molar-refractivity contribution < 1.29 is 42.8 Å². The number of piperidine rings is 1. The summed E-state index contributed by atoms with van der Waals surface area (Å²) in [6.45, 7) is 15.0. The summed E-state index contributed by atoms with van der Waals surface area (Å²) in [7, 11) is 4.92. The molecule has 0 bridgehead atoms. The first-order valence-corrected chi connectivity index (χ1v) is 27.7. The van der Waals surface area contributed by atoms with Gasteiger partial charge < -0.3 is 33.5 Å². The van der Waals surface area contributed by atoms with E-state index in [1.807, 2.05) is 189 Å². The number of halogens is 1. The first-order chi connectivity index (χ1) is 38.6. The van der Waals surface area contributed by atoms with Crippen LogP contribution in [0.1, 0.15) is 122 Å². The number of carbonyl (C=O) groups is 5. The number of nitrogens with one attached hydrogen (secondary N) is 1. The predicted octanol–water partition coefficient (Wildman–Crippen LogP) is 10.3. The van der Waals surface area contributed by atoms with Crippen molar-refractivity contribution in [3.8, 4) is 22.9 Å². The molecule has 0 aliphatic carbocycles. The third kappa shape index (κ3) is 13.3. The molecule has 81 heavy (non-hydrogen) atoms. The standard InChI is InChI=1S/C22H20N2O2.C19H24BNO3.C14H14N2O3.C9H8BrNO/c1-15-8-11-19(21(23-15)26-14-16-6-4-3-5-7-16)17-9-10-18-13-24(2)22(25)20(18)12-17;1-14-11-12-16(20-23-18(2,3)19(4,5)24-20)17(21-14)22-13-15-9-7-6-8-10-15;1-16-7-9-3-2-8(6-11(9)14(16)19)10-4-5-12(17)15-13(10)18;1-11-5-6-2-3-7(10)4-8(6)9(11)12/h3-12H,13-14H2,1-2H3;6-12H,13H2,1-5H3;2-3,6,10H,4-5,7H2,1H3,(H,15,17,18);2-4H,5H2,1H3. The second kappa shape index (κ2) is 24.4. The van der Waals surface area contributed by atoms with Gasteiger partial charge in [0.2, 0.25) is 23.6 Å². The average Bonchev–Trinajstić information content (AvgIpc) is 4.24. The van der Waals surface area contributed by atoms with Crippen LogP contribution in [0, 0.1) is 13.8 Å². The lowest BCUT2D eigenvalue weighted by molar-refractivity contribution is -0.134.